The van der Waals surface area contributed by atoms with Gasteiger partial charge in [0.2, 0.25) is 0 Å². The minimum atomic E-state index is 0.583. The van der Waals surface area contributed by atoms with Gasteiger partial charge in [0.05, 0.1) is 0 Å². The van der Waals surface area contributed by atoms with Gasteiger partial charge in [-0.15, -0.1) is 11.3 Å². The highest BCUT2D eigenvalue weighted by molar-refractivity contribution is 9.10. The van der Waals surface area contributed by atoms with Gasteiger partial charge in [-0.2, -0.15) is 0 Å². The highest BCUT2D eigenvalue weighted by Gasteiger charge is 2.42. The summed E-state index contributed by atoms with van der Waals surface area (Å²) in [4.78, 5) is 3.96. The van der Waals surface area contributed by atoms with Crippen LogP contribution in [-0.2, 0) is 6.42 Å². The lowest BCUT2D eigenvalue weighted by Crippen LogP contribution is -2.33. The SMILES string of the molecule is CNCC1(CN(C)CCc2cc(Br)cs2)CC1. The Labute approximate surface area is 117 Å². The fraction of sp³-hybridized carbons (Fsp3) is 0.692. The molecule has 2 nitrogen and oxygen atoms in total. The summed E-state index contributed by atoms with van der Waals surface area (Å²) < 4.78 is 1.22. The van der Waals surface area contributed by atoms with Crippen LogP contribution in [0.4, 0.5) is 0 Å². The highest BCUT2D eigenvalue weighted by atomic mass is 79.9. The van der Waals surface area contributed by atoms with Gasteiger partial charge >= 0.3 is 0 Å². The second kappa shape index (κ2) is 5.83. The number of likely N-dealkylation sites (N-methyl/N-ethyl adjacent to an activating group) is 1. The zero-order chi connectivity index (χ0) is 12.3. The van der Waals surface area contributed by atoms with Crippen molar-refractivity contribution >= 4 is 27.3 Å². The van der Waals surface area contributed by atoms with Gasteiger partial charge in [-0.3, -0.25) is 0 Å². The van der Waals surface area contributed by atoms with Gasteiger partial charge < -0.3 is 10.2 Å². The summed E-state index contributed by atoms with van der Waals surface area (Å²) in [6.07, 6.45) is 3.95. The van der Waals surface area contributed by atoms with Crippen LogP contribution in [-0.4, -0.2) is 38.6 Å². The van der Waals surface area contributed by atoms with Crippen molar-refractivity contribution in [1.29, 1.82) is 0 Å². The largest absolute Gasteiger partial charge is 0.319 e. The number of hydrogen-bond donors (Lipinski definition) is 1. The molecule has 2 rings (SSSR count). The Morgan fingerprint density at radius 2 is 2.29 bits per heavy atom. The van der Waals surface area contributed by atoms with E-state index in [4.69, 9.17) is 0 Å². The van der Waals surface area contributed by atoms with Gasteiger partial charge in [0, 0.05) is 34.4 Å². The van der Waals surface area contributed by atoms with Crippen LogP contribution in [0.1, 0.15) is 17.7 Å². The van der Waals surface area contributed by atoms with E-state index in [9.17, 15) is 0 Å². The second-order valence-corrected chi connectivity index (χ2v) is 7.16. The molecule has 1 aromatic heterocycles. The summed E-state index contributed by atoms with van der Waals surface area (Å²) in [5.41, 5.74) is 0.583. The first-order valence-corrected chi connectivity index (χ1v) is 7.87. The fourth-order valence-corrected chi connectivity index (χ4v) is 3.82. The van der Waals surface area contributed by atoms with Crippen LogP contribution in [0.2, 0.25) is 0 Å². The molecule has 1 N–H and O–H groups in total. The van der Waals surface area contributed by atoms with Gasteiger partial charge in [0.1, 0.15) is 0 Å². The normalized spacial score (nSPS) is 17.6. The summed E-state index contributed by atoms with van der Waals surface area (Å²) in [5, 5.41) is 5.49. The van der Waals surface area contributed by atoms with Gasteiger partial charge in [-0.25, -0.2) is 0 Å². The van der Waals surface area contributed by atoms with E-state index in [1.165, 1.54) is 48.2 Å². The van der Waals surface area contributed by atoms with Crippen LogP contribution in [0.3, 0.4) is 0 Å². The molecule has 96 valence electrons. The minimum absolute atomic E-state index is 0.583. The maximum absolute atomic E-state index is 3.51. The van der Waals surface area contributed by atoms with Crippen molar-refractivity contribution in [2.45, 2.75) is 19.3 Å². The summed E-state index contributed by atoms with van der Waals surface area (Å²) >= 11 is 5.36. The molecule has 0 spiro atoms. The van der Waals surface area contributed by atoms with Crippen LogP contribution in [0, 0.1) is 5.41 Å². The molecule has 17 heavy (non-hydrogen) atoms. The smallest absolute Gasteiger partial charge is 0.0285 e. The molecule has 1 aromatic rings. The fourth-order valence-electron chi connectivity index (χ4n) is 2.38. The maximum Gasteiger partial charge on any atom is 0.0285 e. The van der Waals surface area contributed by atoms with Crippen LogP contribution < -0.4 is 5.32 Å². The van der Waals surface area contributed by atoms with Gasteiger partial charge in [-0.05, 0) is 60.8 Å². The molecule has 0 saturated heterocycles. The quantitative estimate of drug-likeness (QED) is 0.832. The highest BCUT2D eigenvalue weighted by Crippen LogP contribution is 2.45. The van der Waals surface area contributed by atoms with E-state index in [2.05, 4.69) is 51.7 Å². The van der Waals surface area contributed by atoms with E-state index in [1.54, 1.807) is 0 Å². The number of nitrogens with zero attached hydrogens (tertiary/aromatic N) is 1. The van der Waals surface area contributed by atoms with Crippen LogP contribution >= 0.6 is 27.3 Å². The number of nitrogens with one attached hydrogen (secondary N) is 1. The summed E-state index contributed by atoms with van der Waals surface area (Å²) in [5.74, 6) is 0. The van der Waals surface area contributed by atoms with Crippen molar-refractivity contribution in [3.63, 3.8) is 0 Å². The third kappa shape index (κ3) is 4.05. The zero-order valence-electron chi connectivity index (χ0n) is 10.6. The van der Waals surface area contributed by atoms with E-state index in [0.29, 0.717) is 5.41 Å². The van der Waals surface area contributed by atoms with E-state index in [1.807, 2.05) is 11.3 Å². The Morgan fingerprint density at radius 1 is 1.53 bits per heavy atom. The molecule has 0 unspecified atom stereocenters. The third-order valence-electron chi connectivity index (χ3n) is 3.48. The van der Waals surface area contributed by atoms with Crippen molar-refractivity contribution < 1.29 is 0 Å². The maximum atomic E-state index is 3.51. The molecule has 1 aliphatic carbocycles. The molecule has 0 bridgehead atoms. The Hall–Kier alpha value is 0.1000. The summed E-state index contributed by atoms with van der Waals surface area (Å²) in [6, 6.07) is 2.24. The molecule has 1 saturated carbocycles. The number of rotatable bonds is 7. The summed E-state index contributed by atoms with van der Waals surface area (Å²) in [7, 11) is 4.31. The first-order valence-electron chi connectivity index (χ1n) is 6.20. The Balaban J connectivity index is 1.72. The van der Waals surface area contributed by atoms with E-state index in [-0.39, 0.29) is 0 Å². The third-order valence-corrected chi connectivity index (χ3v) is 5.23. The lowest BCUT2D eigenvalue weighted by atomic mass is 10.1. The number of hydrogen-bond acceptors (Lipinski definition) is 3. The monoisotopic (exact) mass is 316 g/mol. The zero-order valence-corrected chi connectivity index (χ0v) is 13.0. The van der Waals surface area contributed by atoms with E-state index in [0.717, 1.165) is 0 Å². The molecule has 1 fully saturated rings. The molecule has 0 aromatic carbocycles. The lowest BCUT2D eigenvalue weighted by Gasteiger charge is -2.23. The van der Waals surface area contributed by atoms with Crippen molar-refractivity contribution in [3.8, 4) is 0 Å². The van der Waals surface area contributed by atoms with E-state index >= 15 is 0 Å². The minimum Gasteiger partial charge on any atom is -0.319 e. The van der Waals surface area contributed by atoms with Crippen molar-refractivity contribution in [3.05, 3.63) is 20.8 Å². The Kier molecular flexibility index (Phi) is 4.64. The first-order chi connectivity index (χ1) is 8.13. The Bertz CT molecular complexity index is 360. The van der Waals surface area contributed by atoms with Crippen molar-refractivity contribution in [2.75, 3.05) is 33.7 Å². The number of halogens is 1. The van der Waals surface area contributed by atoms with E-state index < -0.39 is 0 Å². The summed E-state index contributed by atoms with van der Waals surface area (Å²) in [6.45, 7) is 3.57. The predicted molar refractivity (Wildman–Crippen MR) is 78.8 cm³/mol. The number of thiophene rings is 1. The molecule has 0 atom stereocenters. The standard InChI is InChI=1S/C13H21BrN2S/c1-15-9-13(4-5-13)10-16(2)6-3-12-7-11(14)8-17-12/h7-8,15H,3-6,9-10H2,1-2H3. The predicted octanol–water partition coefficient (Wildman–Crippen LogP) is 2.98. The first kappa shape index (κ1) is 13.5. The van der Waals surface area contributed by atoms with Crippen molar-refractivity contribution in [1.82, 2.24) is 10.2 Å². The molecule has 0 amide bonds. The molecule has 0 radical (unpaired) electrons. The molecule has 0 aliphatic heterocycles. The van der Waals surface area contributed by atoms with Crippen LogP contribution in [0.15, 0.2) is 15.9 Å². The lowest BCUT2D eigenvalue weighted by molar-refractivity contribution is 0.262. The van der Waals surface area contributed by atoms with Gasteiger partial charge in [0.25, 0.3) is 0 Å². The van der Waals surface area contributed by atoms with Gasteiger partial charge in [-0.1, -0.05) is 0 Å². The molecular formula is C13H21BrN2S. The van der Waals surface area contributed by atoms with Gasteiger partial charge in [0.15, 0.2) is 0 Å². The Morgan fingerprint density at radius 3 is 2.82 bits per heavy atom. The average molecular weight is 317 g/mol. The average Bonchev–Trinajstić information content (AvgIpc) is 2.89. The van der Waals surface area contributed by atoms with Crippen LogP contribution in [0.5, 0.6) is 0 Å². The molecule has 4 heteroatoms. The second-order valence-electron chi connectivity index (χ2n) is 5.25. The topological polar surface area (TPSA) is 15.3 Å². The van der Waals surface area contributed by atoms with Crippen molar-refractivity contribution in [2.24, 2.45) is 5.41 Å². The molecule has 1 heterocycles. The van der Waals surface area contributed by atoms with Crippen LogP contribution in [0.25, 0.3) is 0 Å². The molecular weight excluding hydrogens is 296 g/mol. The molecule has 1 aliphatic rings.